The van der Waals surface area contributed by atoms with Crippen molar-refractivity contribution in [2.45, 2.75) is 10.1 Å². The van der Waals surface area contributed by atoms with E-state index in [1.807, 2.05) is 5.38 Å². The fourth-order valence-corrected chi connectivity index (χ4v) is 2.89. The first kappa shape index (κ1) is 11.9. The quantitative estimate of drug-likeness (QED) is 0.398. The van der Waals surface area contributed by atoms with Gasteiger partial charge >= 0.3 is 0 Å². The number of non-ortho nitro benzene ring substituents is 1. The van der Waals surface area contributed by atoms with Gasteiger partial charge < -0.3 is 5.73 Å². The molecule has 7 heteroatoms. The standard InChI is InChI=1S/C10H9N3O2S2/c11-9-2-1-8(13(14)15)5-7(9)6-17-10-12-3-4-16-10/h1-5H,6,11H2. The van der Waals surface area contributed by atoms with Crippen molar-refractivity contribution in [3.8, 4) is 0 Å². The molecule has 0 aliphatic rings. The highest BCUT2D eigenvalue weighted by atomic mass is 32.2. The van der Waals surface area contributed by atoms with Gasteiger partial charge in [0.1, 0.15) is 4.34 Å². The highest BCUT2D eigenvalue weighted by Gasteiger charge is 2.09. The molecular formula is C10H9N3O2S2. The normalized spacial score (nSPS) is 10.4. The molecule has 5 nitrogen and oxygen atoms in total. The topological polar surface area (TPSA) is 82.0 Å². The van der Waals surface area contributed by atoms with E-state index in [2.05, 4.69) is 4.98 Å². The summed E-state index contributed by atoms with van der Waals surface area (Å²) in [6, 6.07) is 4.48. The molecule has 0 amide bonds. The summed E-state index contributed by atoms with van der Waals surface area (Å²) >= 11 is 3.06. The van der Waals surface area contributed by atoms with E-state index in [4.69, 9.17) is 5.73 Å². The lowest BCUT2D eigenvalue weighted by molar-refractivity contribution is -0.384. The number of nitrogens with zero attached hydrogens (tertiary/aromatic N) is 2. The van der Waals surface area contributed by atoms with Crippen molar-refractivity contribution in [1.29, 1.82) is 0 Å². The average molecular weight is 267 g/mol. The van der Waals surface area contributed by atoms with E-state index in [1.54, 1.807) is 12.3 Å². The van der Waals surface area contributed by atoms with Gasteiger partial charge in [-0.15, -0.1) is 11.3 Å². The molecule has 0 bridgehead atoms. The first-order valence-corrected chi connectivity index (χ1v) is 6.58. The van der Waals surface area contributed by atoms with Gasteiger partial charge in [0.05, 0.1) is 4.92 Å². The van der Waals surface area contributed by atoms with Gasteiger partial charge in [0.25, 0.3) is 5.69 Å². The summed E-state index contributed by atoms with van der Waals surface area (Å²) < 4.78 is 0.927. The molecule has 0 fully saturated rings. The van der Waals surface area contributed by atoms with Crippen molar-refractivity contribution < 1.29 is 4.92 Å². The highest BCUT2D eigenvalue weighted by molar-refractivity contribution is 8.00. The molecular weight excluding hydrogens is 258 g/mol. The molecule has 1 heterocycles. The molecule has 0 radical (unpaired) electrons. The Morgan fingerprint density at radius 1 is 1.53 bits per heavy atom. The van der Waals surface area contributed by atoms with Gasteiger partial charge in [-0.3, -0.25) is 10.1 Å². The maximum absolute atomic E-state index is 10.6. The summed E-state index contributed by atoms with van der Waals surface area (Å²) in [6.45, 7) is 0. The van der Waals surface area contributed by atoms with Crippen molar-refractivity contribution >= 4 is 34.5 Å². The maximum atomic E-state index is 10.6. The molecule has 2 N–H and O–H groups in total. The second-order valence-electron chi connectivity index (χ2n) is 3.23. The number of nitro groups is 1. The molecule has 2 aromatic rings. The van der Waals surface area contributed by atoms with E-state index in [-0.39, 0.29) is 5.69 Å². The van der Waals surface area contributed by atoms with Crippen LogP contribution in [0.2, 0.25) is 0 Å². The van der Waals surface area contributed by atoms with E-state index in [0.717, 1.165) is 9.90 Å². The third kappa shape index (κ3) is 2.95. The molecule has 1 aromatic heterocycles. The van der Waals surface area contributed by atoms with Gasteiger partial charge in [-0.25, -0.2) is 4.98 Å². The third-order valence-corrected chi connectivity index (χ3v) is 4.11. The molecule has 0 saturated carbocycles. The second-order valence-corrected chi connectivity index (χ2v) is 5.34. The molecule has 0 unspecified atom stereocenters. The van der Waals surface area contributed by atoms with Gasteiger partial charge in [0.15, 0.2) is 0 Å². The minimum Gasteiger partial charge on any atom is -0.398 e. The van der Waals surface area contributed by atoms with E-state index in [9.17, 15) is 10.1 Å². The Morgan fingerprint density at radius 3 is 3.00 bits per heavy atom. The number of aromatic nitrogens is 1. The first-order chi connectivity index (χ1) is 8.16. The molecule has 88 valence electrons. The van der Waals surface area contributed by atoms with Crippen molar-refractivity contribution in [2.75, 3.05) is 5.73 Å². The lowest BCUT2D eigenvalue weighted by Gasteiger charge is -2.03. The number of thioether (sulfide) groups is 1. The fraction of sp³-hybridized carbons (Fsp3) is 0.100. The van der Waals surface area contributed by atoms with Gasteiger partial charge in [-0.1, -0.05) is 11.8 Å². The van der Waals surface area contributed by atoms with Gasteiger partial charge in [0, 0.05) is 35.1 Å². The van der Waals surface area contributed by atoms with Crippen LogP contribution in [0.1, 0.15) is 5.56 Å². The Labute approximate surface area is 106 Å². The summed E-state index contributed by atoms with van der Waals surface area (Å²) in [4.78, 5) is 14.4. The van der Waals surface area contributed by atoms with E-state index < -0.39 is 4.92 Å². The Balaban J connectivity index is 2.14. The Kier molecular flexibility index (Phi) is 3.60. The van der Waals surface area contributed by atoms with Crippen molar-refractivity contribution in [3.05, 3.63) is 45.5 Å². The number of nitrogens with two attached hydrogens (primary N) is 1. The van der Waals surface area contributed by atoms with Crippen LogP contribution in [0.4, 0.5) is 11.4 Å². The van der Waals surface area contributed by atoms with Crippen LogP contribution in [-0.4, -0.2) is 9.91 Å². The van der Waals surface area contributed by atoms with Gasteiger partial charge in [0.2, 0.25) is 0 Å². The van der Waals surface area contributed by atoms with Crippen molar-refractivity contribution in [1.82, 2.24) is 4.98 Å². The van der Waals surface area contributed by atoms with Crippen LogP contribution in [0, 0.1) is 10.1 Å². The Hall–Kier alpha value is -1.60. The second kappa shape index (κ2) is 5.15. The van der Waals surface area contributed by atoms with E-state index in [1.165, 1.54) is 35.2 Å². The van der Waals surface area contributed by atoms with Crippen LogP contribution in [0.3, 0.4) is 0 Å². The number of benzene rings is 1. The van der Waals surface area contributed by atoms with Crippen molar-refractivity contribution in [3.63, 3.8) is 0 Å². The van der Waals surface area contributed by atoms with Crippen LogP contribution >= 0.6 is 23.1 Å². The lowest BCUT2D eigenvalue weighted by Crippen LogP contribution is -1.95. The summed E-state index contributed by atoms with van der Waals surface area (Å²) in [7, 11) is 0. The monoisotopic (exact) mass is 267 g/mol. The Bertz CT molecular complexity index is 528. The molecule has 2 rings (SSSR count). The average Bonchev–Trinajstić information content (AvgIpc) is 2.80. The minimum absolute atomic E-state index is 0.0638. The Morgan fingerprint density at radius 2 is 2.35 bits per heavy atom. The van der Waals surface area contributed by atoms with Crippen LogP contribution in [0.15, 0.2) is 34.1 Å². The summed E-state index contributed by atoms with van der Waals surface area (Å²) in [5, 5.41) is 12.5. The fourth-order valence-electron chi connectivity index (χ4n) is 1.25. The number of nitro benzene ring substituents is 1. The zero-order valence-corrected chi connectivity index (χ0v) is 10.3. The van der Waals surface area contributed by atoms with Crippen LogP contribution in [0.5, 0.6) is 0 Å². The van der Waals surface area contributed by atoms with Crippen LogP contribution in [-0.2, 0) is 5.75 Å². The maximum Gasteiger partial charge on any atom is 0.269 e. The number of thiazole rings is 1. The summed E-state index contributed by atoms with van der Waals surface area (Å²) in [5.41, 5.74) is 7.17. The predicted molar refractivity (Wildman–Crippen MR) is 69.2 cm³/mol. The van der Waals surface area contributed by atoms with Crippen molar-refractivity contribution in [2.24, 2.45) is 0 Å². The zero-order chi connectivity index (χ0) is 12.3. The molecule has 0 aliphatic carbocycles. The summed E-state index contributed by atoms with van der Waals surface area (Å²) in [5.74, 6) is 0.584. The highest BCUT2D eigenvalue weighted by Crippen LogP contribution is 2.28. The molecule has 0 atom stereocenters. The van der Waals surface area contributed by atoms with Crippen LogP contribution in [0.25, 0.3) is 0 Å². The van der Waals surface area contributed by atoms with Gasteiger partial charge in [-0.2, -0.15) is 0 Å². The minimum atomic E-state index is -0.420. The van der Waals surface area contributed by atoms with E-state index >= 15 is 0 Å². The SMILES string of the molecule is Nc1ccc([N+](=O)[O-])cc1CSc1nccs1. The number of hydrogen-bond acceptors (Lipinski definition) is 6. The summed E-state index contributed by atoms with van der Waals surface area (Å²) in [6.07, 6.45) is 1.73. The molecule has 0 aliphatic heterocycles. The largest absolute Gasteiger partial charge is 0.398 e. The number of rotatable bonds is 4. The molecule has 17 heavy (non-hydrogen) atoms. The lowest BCUT2D eigenvalue weighted by atomic mass is 10.2. The number of nitrogen functional groups attached to an aromatic ring is 1. The van der Waals surface area contributed by atoms with Gasteiger partial charge in [-0.05, 0) is 11.6 Å². The first-order valence-electron chi connectivity index (χ1n) is 4.72. The van der Waals surface area contributed by atoms with E-state index in [0.29, 0.717) is 11.4 Å². The molecule has 1 aromatic carbocycles. The molecule has 0 spiro atoms. The smallest absolute Gasteiger partial charge is 0.269 e. The molecule has 0 saturated heterocycles. The number of hydrogen-bond donors (Lipinski definition) is 1. The van der Waals surface area contributed by atoms with Crippen LogP contribution < -0.4 is 5.73 Å². The third-order valence-electron chi connectivity index (χ3n) is 2.10. The number of anilines is 1. The predicted octanol–water partition coefficient (Wildman–Crippen LogP) is 2.93. The zero-order valence-electron chi connectivity index (χ0n) is 8.70.